The van der Waals surface area contributed by atoms with Crippen LogP contribution in [0.1, 0.15) is 24.8 Å². The predicted octanol–water partition coefficient (Wildman–Crippen LogP) is 1.41. The fourth-order valence-electron chi connectivity index (χ4n) is 1.16. The van der Waals surface area contributed by atoms with Crippen LogP contribution in [0, 0.1) is 0 Å². The highest BCUT2D eigenvalue weighted by Gasteiger charge is 2.15. The standard InChI is InChI=1S/C11H15NO4S/c1-7(9-4-3-5-17-9)12-10(13)6-16-8(2)11(14)15/h3-5,7-8H,6H2,1-2H3,(H,12,13)(H,14,15)/t7?,8-/m0/s1. The van der Waals surface area contributed by atoms with Gasteiger partial charge in [-0.15, -0.1) is 11.3 Å². The highest BCUT2D eigenvalue weighted by Crippen LogP contribution is 2.17. The summed E-state index contributed by atoms with van der Waals surface area (Å²) in [5, 5.41) is 13.2. The quantitative estimate of drug-likeness (QED) is 0.808. The molecule has 1 unspecified atom stereocenters. The molecule has 0 aliphatic carbocycles. The van der Waals surface area contributed by atoms with Gasteiger partial charge in [0.1, 0.15) is 6.61 Å². The van der Waals surface area contributed by atoms with Gasteiger partial charge in [-0.3, -0.25) is 4.79 Å². The summed E-state index contributed by atoms with van der Waals surface area (Å²) in [4.78, 5) is 23.0. The number of nitrogens with one attached hydrogen (secondary N) is 1. The number of carboxylic acid groups (broad SMARTS) is 1. The topological polar surface area (TPSA) is 75.6 Å². The molecule has 0 aliphatic heterocycles. The zero-order valence-corrected chi connectivity index (χ0v) is 10.5. The van der Waals surface area contributed by atoms with Crippen LogP contribution in [0.5, 0.6) is 0 Å². The Labute approximate surface area is 103 Å². The zero-order chi connectivity index (χ0) is 12.8. The molecule has 1 rings (SSSR count). The molecule has 0 radical (unpaired) electrons. The normalized spacial score (nSPS) is 14.0. The molecule has 17 heavy (non-hydrogen) atoms. The van der Waals surface area contributed by atoms with Crippen LogP contribution in [0.2, 0.25) is 0 Å². The SMILES string of the molecule is CC(NC(=O)CO[C@@H](C)C(=O)O)c1cccs1. The van der Waals surface area contributed by atoms with Crippen molar-refractivity contribution < 1.29 is 19.4 Å². The van der Waals surface area contributed by atoms with Crippen molar-refractivity contribution in [1.82, 2.24) is 5.32 Å². The third kappa shape index (κ3) is 4.54. The van der Waals surface area contributed by atoms with Crippen molar-refractivity contribution in [1.29, 1.82) is 0 Å². The first kappa shape index (κ1) is 13.7. The first-order chi connectivity index (χ1) is 8.00. The van der Waals surface area contributed by atoms with Crippen LogP contribution in [-0.2, 0) is 14.3 Å². The van der Waals surface area contributed by atoms with Gasteiger partial charge < -0.3 is 15.2 Å². The monoisotopic (exact) mass is 257 g/mol. The highest BCUT2D eigenvalue weighted by atomic mass is 32.1. The lowest BCUT2D eigenvalue weighted by Gasteiger charge is -2.13. The Balaban J connectivity index is 2.32. The number of aliphatic carboxylic acids is 1. The molecule has 0 aliphatic rings. The molecule has 94 valence electrons. The van der Waals surface area contributed by atoms with Crippen molar-refractivity contribution in [2.24, 2.45) is 0 Å². The molecule has 0 saturated heterocycles. The summed E-state index contributed by atoms with van der Waals surface area (Å²) < 4.78 is 4.88. The zero-order valence-electron chi connectivity index (χ0n) is 9.67. The van der Waals surface area contributed by atoms with E-state index in [1.807, 2.05) is 24.4 Å². The Kier molecular flexibility index (Phi) is 5.11. The first-order valence-electron chi connectivity index (χ1n) is 5.18. The second kappa shape index (κ2) is 6.36. The van der Waals surface area contributed by atoms with Gasteiger partial charge in [0.15, 0.2) is 6.10 Å². The Morgan fingerprint density at radius 1 is 1.53 bits per heavy atom. The van der Waals surface area contributed by atoms with Gasteiger partial charge in [0, 0.05) is 4.88 Å². The fourth-order valence-corrected chi connectivity index (χ4v) is 1.90. The number of carbonyl (C=O) groups excluding carboxylic acids is 1. The molecule has 0 spiro atoms. The van der Waals surface area contributed by atoms with Crippen LogP contribution in [0.25, 0.3) is 0 Å². The minimum atomic E-state index is -1.08. The van der Waals surface area contributed by atoms with Crippen molar-refractivity contribution in [2.75, 3.05) is 6.61 Å². The van der Waals surface area contributed by atoms with Gasteiger partial charge in [-0.2, -0.15) is 0 Å². The highest BCUT2D eigenvalue weighted by molar-refractivity contribution is 7.10. The maximum absolute atomic E-state index is 11.5. The van der Waals surface area contributed by atoms with Crippen molar-refractivity contribution >= 4 is 23.2 Å². The molecule has 6 heteroatoms. The van der Waals surface area contributed by atoms with Gasteiger partial charge in [0.25, 0.3) is 0 Å². The molecule has 0 saturated carbocycles. The summed E-state index contributed by atoms with van der Waals surface area (Å²) >= 11 is 1.55. The Hall–Kier alpha value is -1.40. The lowest BCUT2D eigenvalue weighted by molar-refractivity contribution is -0.150. The number of hydrogen-bond donors (Lipinski definition) is 2. The summed E-state index contributed by atoms with van der Waals surface area (Å²) in [5.74, 6) is -1.40. The Morgan fingerprint density at radius 3 is 2.76 bits per heavy atom. The van der Waals surface area contributed by atoms with E-state index in [4.69, 9.17) is 9.84 Å². The number of carboxylic acids is 1. The van der Waals surface area contributed by atoms with E-state index in [9.17, 15) is 9.59 Å². The molecule has 2 N–H and O–H groups in total. The van der Waals surface area contributed by atoms with Gasteiger partial charge >= 0.3 is 5.97 Å². The molecule has 1 heterocycles. The molecule has 1 aromatic rings. The molecular formula is C11H15NO4S. The van der Waals surface area contributed by atoms with E-state index in [1.54, 1.807) is 11.3 Å². The summed E-state index contributed by atoms with van der Waals surface area (Å²) in [6.45, 7) is 3.01. The van der Waals surface area contributed by atoms with E-state index in [1.165, 1.54) is 6.92 Å². The van der Waals surface area contributed by atoms with Gasteiger partial charge in [0.05, 0.1) is 6.04 Å². The molecule has 1 amide bonds. The minimum absolute atomic E-state index is 0.0914. The summed E-state index contributed by atoms with van der Waals surface area (Å²) in [5.41, 5.74) is 0. The van der Waals surface area contributed by atoms with Crippen LogP contribution < -0.4 is 5.32 Å². The van der Waals surface area contributed by atoms with Crippen LogP contribution in [0.4, 0.5) is 0 Å². The molecule has 1 aromatic heterocycles. The summed E-state index contributed by atoms with van der Waals surface area (Å²) in [6, 6.07) is 3.74. The second-order valence-electron chi connectivity index (χ2n) is 3.60. The number of amides is 1. The fraction of sp³-hybridized carbons (Fsp3) is 0.455. The molecular weight excluding hydrogens is 242 g/mol. The van der Waals surface area contributed by atoms with Crippen molar-refractivity contribution in [2.45, 2.75) is 26.0 Å². The first-order valence-corrected chi connectivity index (χ1v) is 6.06. The smallest absolute Gasteiger partial charge is 0.332 e. The predicted molar refractivity (Wildman–Crippen MR) is 63.9 cm³/mol. The van der Waals surface area contributed by atoms with E-state index in [0.29, 0.717) is 0 Å². The Bertz CT molecular complexity index is 377. The van der Waals surface area contributed by atoms with Crippen LogP contribution >= 0.6 is 11.3 Å². The molecule has 0 aromatic carbocycles. The number of ether oxygens (including phenoxy) is 1. The van der Waals surface area contributed by atoms with E-state index >= 15 is 0 Å². The minimum Gasteiger partial charge on any atom is -0.479 e. The third-order valence-electron chi connectivity index (χ3n) is 2.16. The van der Waals surface area contributed by atoms with E-state index in [0.717, 1.165) is 4.88 Å². The van der Waals surface area contributed by atoms with E-state index in [2.05, 4.69) is 5.32 Å². The third-order valence-corrected chi connectivity index (χ3v) is 3.21. The number of thiophene rings is 1. The van der Waals surface area contributed by atoms with Crippen molar-refractivity contribution in [3.63, 3.8) is 0 Å². The molecule has 0 fully saturated rings. The summed E-state index contributed by atoms with van der Waals surface area (Å²) in [6.07, 6.45) is -0.974. The van der Waals surface area contributed by atoms with Crippen molar-refractivity contribution in [3.05, 3.63) is 22.4 Å². The van der Waals surface area contributed by atoms with Crippen LogP contribution in [0.15, 0.2) is 17.5 Å². The molecule has 2 atom stereocenters. The van der Waals surface area contributed by atoms with E-state index < -0.39 is 12.1 Å². The summed E-state index contributed by atoms with van der Waals surface area (Å²) in [7, 11) is 0. The van der Waals surface area contributed by atoms with Crippen LogP contribution in [-0.4, -0.2) is 29.7 Å². The van der Waals surface area contributed by atoms with Gasteiger partial charge in [0.2, 0.25) is 5.91 Å². The van der Waals surface area contributed by atoms with Gasteiger partial charge in [-0.1, -0.05) is 6.07 Å². The van der Waals surface area contributed by atoms with Gasteiger partial charge in [-0.25, -0.2) is 4.79 Å². The molecule has 5 nitrogen and oxygen atoms in total. The van der Waals surface area contributed by atoms with Crippen molar-refractivity contribution in [3.8, 4) is 0 Å². The Morgan fingerprint density at radius 2 is 2.24 bits per heavy atom. The van der Waals surface area contributed by atoms with Crippen LogP contribution in [0.3, 0.4) is 0 Å². The maximum atomic E-state index is 11.5. The number of carbonyl (C=O) groups is 2. The average Bonchev–Trinajstić information content (AvgIpc) is 2.78. The number of rotatable bonds is 6. The second-order valence-corrected chi connectivity index (χ2v) is 4.58. The lowest BCUT2D eigenvalue weighted by atomic mass is 10.3. The lowest BCUT2D eigenvalue weighted by Crippen LogP contribution is -2.32. The maximum Gasteiger partial charge on any atom is 0.332 e. The largest absolute Gasteiger partial charge is 0.479 e. The number of hydrogen-bond acceptors (Lipinski definition) is 4. The average molecular weight is 257 g/mol. The van der Waals surface area contributed by atoms with Gasteiger partial charge in [-0.05, 0) is 25.3 Å². The van der Waals surface area contributed by atoms with E-state index in [-0.39, 0.29) is 18.6 Å². The molecule has 0 bridgehead atoms.